The fourth-order valence-electron chi connectivity index (χ4n) is 2.28. The Labute approximate surface area is 138 Å². The molecule has 0 bridgehead atoms. The van der Waals surface area contributed by atoms with E-state index in [4.69, 9.17) is 32.5 Å². The summed E-state index contributed by atoms with van der Waals surface area (Å²) in [6, 6.07) is 0.729. The van der Waals surface area contributed by atoms with Gasteiger partial charge in [-0.15, -0.1) is 0 Å². The van der Waals surface area contributed by atoms with Crippen LogP contribution in [-0.4, -0.2) is 34.3 Å². The fourth-order valence-corrected chi connectivity index (χ4v) is 2.58. The lowest BCUT2D eigenvalue weighted by molar-refractivity contribution is -0.151. The molecular weight excluding hydrogens is 324 g/mol. The number of carbonyl (C=O) groups is 1. The number of aromatic nitrogens is 2. The van der Waals surface area contributed by atoms with Crippen LogP contribution in [0.15, 0.2) is 10.9 Å². The zero-order chi connectivity index (χ0) is 17.1. The minimum atomic E-state index is -0.662. The third-order valence-corrected chi connectivity index (χ3v) is 3.99. The van der Waals surface area contributed by atoms with Crippen molar-refractivity contribution in [1.29, 1.82) is 0 Å². The second-order valence-corrected chi connectivity index (χ2v) is 6.23. The number of rotatable bonds is 5. The quantitative estimate of drug-likeness (QED) is 0.594. The van der Waals surface area contributed by atoms with Gasteiger partial charge in [-0.2, -0.15) is 4.98 Å². The summed E-state index contributed by atoms with van der Waals surface area (Å²) in [7, 11) is 0. The van der Waals surface area contributed by atoms with Gasteiger partial charge in [-0.3, -0.25) is 9.36 Å². The van der Waals surface area contributed by atoms with Crippen LogP contribution < -0.4 is 17.2 Å². The Hall–Kier alpha value is -1.64. The van der Waals surface area contributed by atoms with Gasteiger partial charge >= 0.3 is 11.7 Å². The predicted octanol–water partition coefficient (Wildman–Crippen LogP) is 0.683. The van der Waals surface area contributed by atoms with Gasteiger partial charge in [-0.1, -0.05) is 25.4 Å². The average Bonchev–Trinajstić information content (AvgIpc) is 2.91. The molecule has 2 rings (SSSR count). The molecule has 8 nitrogen and oxygen atoms in total. The molecule has 2 heterocycles. The molecule has 9 heteroatoms. The fraction of sp³-hybridized carbons (Fsp3) is 0.643. The van der Waals surface area contributed by atoms with Gasteiger partial charge in [0.05, 0.1) is 6.10 Å². The Morgan fingerprint density at radius 2 is 2.26 bits per heavy atom. The number of nitrogens with two attached hydrogens (primary N) is 2. The lowest BCUT2D eigenvalue weighted by atomic mass is 10.1. The Kier molecular flexibility index (Phi) is 5.61. The second kappa shape index (κ2) is 7.29. The third kappa shape index (κ3) is 4.21. The van der Waals surface area contributed by atoms with Crippen LogP contribution >= 0.6 is 11.6 Å². The number of nitrogens with zero attached hydrogens (tertiary/aromatic N) is 2. The van der Waals surface area contributed by atoms with Gasteiger partial charge in [-0.05, 0) is 18.8 Å². The highest BCUT2D eigenvalue weighted by Crippen LogP contribution is 2.29. The highest BCUT2D eigenvalue weighted by molar-refractivity contribution is 6.29. The summed E-state index contributed by atoms with van der Waals surface area (Å²) >= 11 is 6.03. The molecule has 0 amide bonds. The standard InChI is InChI=1S/C14H21ClN4O4/c1-7(2)12(17)13(20)22-6-8-3-4-11(23-8)19-9(15)5-10(16)18-14(19)21/h5,7-8,11-12H,3-4,6,17H2,1-2H3,(H2,16,18,21). The normalized spacial score (nSPS) is 22.3. The summed E-state index contributed by atoms with van der Waals surface area (Å²) in [5.41, 5.74) is 10.6. The zero-order valence-corrected chi connectivity index (χ0v) is 13.8. The molecule has 0 aromatic carbocycles. The van der Waals surface area contributed by atoms with Crippen LogP contribution in [0.4, 0.5) is 5.82 Å². The van der Waals surface area contributed by atoms with E-state index in [9.17, 15) is 9.59 Å². The number of esters is 1. The van der Waals surface area contributed by atoms with Crippen molar-refractivity contribution in [1.82, 2.24) is 9.55 Å². The Morgan fingerprint density at radius 1 is 1.57 bits per heavy atom. The monoisotopic (exact) mass is 344 g/mol. The molecule has 1 aromatic rings. The first-order valence-corrected chi connectivity index (χ1v) is 7.79. The first kappa shape index (κ1) is 17.7. The average molecular weight is 345 g/mol. The van der Waals surface area contributed by atoms with Crippen molar-refractivity contribution < 1.29 is 14.3 Å². The number of carbonyl (C=O) groups excluding carboxylic acids is 1. The molecule has 1 aliphatic rings. The molecule has 1 aliphatic heterocycles. The molecule has 4 N–H and O–H groups in total. The number of nitrogen functional groups attached to an aromatic ring is 1. The summed E-state index contributed by atoms with van der Waals surface area (Å²) in [6.07, 6.45) is 0.320. The molecular formula is C14H21ClN4O4. The third-order valence-electron chi connectivity index (χ3n) is 3.70. The molecule has 0 aliphatic carbocycles. The van der Waals surface area contributed by atoms with Gasteiger partial charge < -0.3 is 20.9 Å². The van der Waals surface area contributed by atoms with Gasteiger partial charge in [0, 0.05) is 6.07 Å². The Balaban J connectivity index is 1.95. The van der Waals surface area contributed by atoms with Crippen LogP contribution in [0, 0.1) is 5.92 Å². The summed E-state index contributed by atoms with van der Waals surface area (Å²) in [4.78, 5) is 27.3. The summed E-state index contributed by atoms with van der Waals surface area (Å²) in [6.45, 7) is 3.78. The molecule has 0 spiro atoms. The number of halogens is 1. The van der Waals surface area contributed by atoms with Crippen molar-refractivity contribution >= 4 is 23.4 Å². The van der Waals surface area contributed by atoms with E-state index in [1.54, 1.807) is 0 Å². The smallest absolute Gasteiger partial charge is 0.352 e. The van der Waals surface area contributed by atoms with E-state index in [-0.39, 0.29) is 29.6 Å². The second-order valence-electron chi connectivity index (χ2n) is 5.85. The van der Waals surface area contributed by atoms with Crippen molar-refractivity contribution in [2.45, 2.75) is 45.1 Å². The van der Waals surface area contributed by atoms with Crippen molar-refractivity contribution in [2.24, 2.45) is 11.7 Å². The lowest BCUT2D eigenvalue weighted by Crippen LogP contribution is -2.38. The molecule has 0 saturated carbocycles. The van der Waals surface area contributed by atoms with Crippen LogP contribution in [0.3, 0.4) is 0 Å². The molecule has 1 saturated heterocycles. The van der Waals surface area contributed by atoms with Crippen molar-refractivity contribution in [3.05, 3.63) is 21.7 Å². The van der Waals surface area contributed by atoms with E-state index in [1.807, 2.05) is 13.8 Å². The van der Waals surface area contributed by atoms with Crippen molar-refractivity contribution in [3.63, 3.8) is 0 Å². The van der Waals surface area contributed by atoms with Crippen LogP contribution in [0.5, 0.6) is 0 Å². The molecule has 0 radical (unpaired) electrons. The van der Waals surface area contributed by atoms with E-state index >= 15 is 0 Å². The van der Waals surface area contributed by atoms with E-state index in [1.165, 1.54) is 10.6 Å². The van der Waals surface area contributed by atoms with Crippen LogP contribution in [0.25, 0.3) is 0 Å². The van der Waals surface area contributed by atoms with Gasteiger partial charge in [0.25, 0.3) is 0 Å². The van der Waals surface area contributed by atoms with E-state index < -0.39 is 23.9 Å². The summed E-state index contributed by atoms with van der Waals surface area (Å²) < 4.78 is 12.1. The number of hydrogen-bond acceptors (Lipinski definition) is 7. The molecule has 1 aromatic heterocycles. The van der Waals surface area contributed by atoms with Crippen LogP contribution in [0.1, 0.15) is 32.9 Å². The summed E-state index contributed by atoms with van der Waals surface area (Å²) in [5, 5.41) is 0.159. The van der Waals surface area contributed by atoms with Crippen molar-refractivity contribution in [3.8, 4) is 0 Å². The number of anilines is 1. The number of ether oxygens (including phenoxy) is 2. The first-order chi connectivity index (χ1) is 10.8. The maximum Gasteiger partial charge on any atom is 0.352 e. The van der Waals surface area contributed by atoms with E-state index in [2.05, 4.69) is 4.98 Å². The maximum atomic E-state index is 11.9. The van der Waals surface area contributed by atoms with Crippen LogP contribution in [-0.2, 0) is 14.3 Å². The van der Waals surface area contributed by atoms with E-state index in [0.717, 1.165) is 0 Å². The zero-order valence-electron chi connectivity index (χ0n) is 13.1. The molecule has 3 unspecified atom stereocenters. The topological polar surface area (TPSA) is 122 Å². The largest absolute Gasteiger partial charge is 0.462 e. The predicted molar refractivity (Wildman–Crippen MR) is 84.8 cm³/mol. The van der Waals surface area contributed by atoms with E-state index in [0.29, 0.717) is 12.8 Å². The Bertz CT molecular complexity index is 634. The van der Waals surface area contributed by atoms with Gasteiger partial charge in [-0.25, -0.2) is 4.79 Å². The molecule has 128 valence electrons. The SMILES string of the molecule is CC(C)C(N)C(=O)OCC1CCC(n2c(Cl)cc(N)nc2=O)O1. The molecule has 3 atom stereocenters. The van der Waals surface area contributed by atoms with Crippen molar-refractivity contribution in [2.75, 3.05) is 12.3 Å². The summed E-state index contributed by atoms with van der Waals surface area (Å²) in [5.74, 6) is -0.406. The minimum Gasteiger partial charge on any atom is -0.462 e. The minimum absolute atomic E-state index is 0.00187. The van der Waals surface area contributed by atoms with Crippen LogP contribution in [0.2, 0.25) is 5.15 Å². The van der Waals surface area contributed by atoms with Gasteiger partial charge in [0.15, 0.2) is 0 Å². The lowest BCUT2D eigenvalue weighted by Gasteiger charge is -2.18. The van der Waals surface area contributed by atoms with Gasteiger partial charge in [0.1, 0.15) is 29.8 Å². The highest BCUT2D eigenvalue weighted by Gasteiger charge is 2.30. The highest BCUT2D eigenvalue weighted by atomic mass is 35.5. The maximum absolute atomic E-state index is 11.9. The molecule has 23 heavy (non-hydrogen) atoms. The molecule has 1 fully saturated rings. The van der Waals surface area contributed by atoms with Gasteiger partial charge in [0.2, 0.25) is 0 Å². The first-order valence-electron chi connectivity index (χ1n) is 7.41. The Morgan fingerprint density at radius 3 is 2.87 bits per heavy atom. The number of hydrogen-bond donors (Lipinski definition) is 2.